The number of esters is 2. The maximum Gasteiger partial charge on any atom is 0.343 e. The predicted molar refractivity (Wildman–Crippen MR) is 242 cm³/mol. The van der Waals surface area contributed by atoms with Gasteiger partial charge in [0.05, 0.1) is 47.1 Å². The van der Waals surface area contributed by atoms with Gasteiger partial charge in [0.25, 0.3) is 0 Å². The molecule has 10 nitrogen and oxygen atoms in total. The van der Waals surface area contributed by atoms with E-state index < -0.39 is 11.9 Å². The SMILES string of the molecule is CCCCCCCCCOc1ccc(N=Nc2ccc(C(=O)Oc3ccc(C)c(OC(=O)c4ccc(N=Nc5ccc(OCCCCCCCCC)cc5)cc4)c3)cc2)cc1. The summed E-state index contributed by atoms with van der Waals surface area (Å²) in [6.07, 6.45) is 17.4. The third kappa shape index (κ3) is 16.8. The van der Waals surface area contributed by atoms with E-state index in [-0.39, 0.29) is 11.5 Å². The molecule has 5 rings (SSSR count). The van der Waals surface area contributed by atoms with Crippen molar-refractivity contribution in [1.82, 2.24) is 0 Å². The van der Waals surface area contributed by atoms with E-state index in [1.807, 2.05) is 48.5 Å². The number of benzene rings is 5. The summed E-state index contributed by atoms with van der Waals surface area (Å²) < 4.78 is 23.1. The number of unbranched alkanes of at least 4 members (excludes halogenated alkanes) is 12. The molecule has 0 aliphatic carbocycles. The van der Waals surface area contributed by atoms with Gasteiger partial charge in [-0.05, 0) is 128 Å². The molecule has 0 saturated carbocycles. The smallest absolute Gasteiger partial charge is 0.343 e. The Morgan fingerprint density at radius 1 is 0.410 bits per heavy atom. The van der Waals surface area contributed by atoms with Crippen molar-refractivity contribution in [3.05, 3.63) is 132 Å². The van der Waals surface area contributed by atoms with E-state index in [0.29, 0.717) is 52.7 Å². The van der Waals surface area contributed by atoms with Crippen molar-refractivity contribution >= 4 is 34.7 Å². The Labute approximate surface area is 361 Å². The van der Waals surface area contributed by atoms with Crippen LogP contribution in [0.1, 0.15) is 130 Å². The lowest BCUT2D eigenvalue weighted by molar-refractivity contribution is 0.0732. The average molecular weight is 825 g/mol. The molecule has 0 fully saturated rings. The summed E-state index contributed by atoms with van der Waals surface area (Å²) in [5.41, 5.74) is 3.92. The molecule has 0 bridgehead atoms. The highest BCUT2D eigenvalue weighted by Gasteiger charge is 2.14. The lowest BCUT2D eigenvalue weighted by Crippen LogP contribution is -2.11. The van der Waals surface area contributed by atoms with Crippen molar-refractivity contribution in [2.24, 2.45) is 20.5 Å². The van der Waals surface area contributed by atoms with Crippen LogP contribution >= 0.6 is 0 Å². The van der Waals surface area contributed by atoms with Gasteiger partial charge >= 0.3 is 11.9 Å². The van der Waals surface area contributed by atoms with Gasteiger partial charge in [-0.1, -0.05) is 97.0 Å². The van der Waals surface area contributed by atoms with E-state index >= 15 is 0 Å². The summed E-state index contributed by atoms with van der Waals surface area (Å²) >= 11 is 0. The number of carbonyl (C=O) groups is 2. The second-order valence-corrected chi connectivity index (χ2v) is 15.1. The number of ether oxygens (including phenoxy) is 4. The van der Waals surface area contributed by atoms with E-state index in [9.17, 15) is 9.59 Å². The zero-order valence-corrected chi connectivity index (χ0v) is 36.0. The van der Waals surface area contributed by atoms with Gasteiger partial charge in [0, 0.05) is 6.07 Å². The van der Waals surface area contributed by atoms with Crippen LogP contribution in [0.4, 0.5) is 22.7 Å². The molecule has 0 unspecified atom stereocenters. The third-order valence-corrected chi connectivity index (χ3v) is 10.0. The molecule has 10 heteroatoms. The normalized spacial score (nSPS) is 11.3. The molecule has 61 heavy (non-hydrogen) atoms. The lowest BCUT2D eigenvalue weighted by atomic mass is 10.1. The summed E-state index contributed by atoms with van der Waals surface area (Å²) in [7, 11) is 0. The number of rotatable bonds is 26. The minimum atomic E-state index is -0.565. The molecule has 0 radical (unpaired) electrons. The topological polar surface area (TPSA) is 121 Å². The van der Waals surface area contributed by atoms with Crippen molar-refractivity contribution in [3.63, 3.8) is 0 Å². The molecule has 0 aliphatic rings. The molecule has 0 saturated heterocycles. The standard InChI is InChI=1S/C51H60N4O6/c1-4-6-8-10-12-14-16-36-58-46-32-27-44(28-33-46)54-52-42-23-19-40(20-24-42)50(56)60-48-31-18-39(3)49(38-48)61-51(57)41-21-25-43(26-22-41)53-55-45-29-34-47(35-30-45)59-37-17-15-13-11-9-7-5-2/h18-35,38H,4-17,36-37H2,1-3H3. The zero-order valence-electron chi connectivity index (χ0n) is 36.0. The minimum Gasteiger partial charge on any atom is -0.494 e. The summed E-state index contributed by atoms with van der Waals surface area (Å²) in [5, 5.41) is 17.2. The molecular weight excluding hydrogens is 765 g/mol. The Morgan fingerprint density at radius 3 is 1.16 bits per heavy atom. The molecule has 0 aromatic heterocycles. The van der Waals surface area contributed by atoms with Crippen LogP contribution in [0.3, 0.4) is 0 Å². The second-order valence-electron chi connectivity index (χ2n) is 15.1. The fraction of sp³-hybridized carbons (Fsp3) is 0.373. The number of aryl methyl sites for hydroxylation is 1. The second kappa shape index (κ2) is 26.1. The largest absolute Gasteiger partial charge is 0.494 e. The number of hydrogen-bond donors (Lipinski definition) is 0. The molecule has 0 N–H and O–H groups in total. The first-order valence-electron chi connectivity index (χ1n) is 21.9. The van der Waals surface area contributed by atoms with Gasteiger partial charge in [0.1, 0.15) is 23.0 Å². The monoisotopic (exact) mass is 824 g/mol. The molecule has 0 atom stereocenters. The quantitative estimate of drug-likeness (QED) is 0.0237. The van der Waals surface area contributed by atoms with E-state index in [2.05, 4.69) is 34.3 Å². The van der Waals surface area contributed by atoms with Crippen LogP contribution in [0, 0.1) is 6.92 Å². The van der Waals surface area contributed by atoms with Crippen LogP contribution in [0.15, 0.2) is 136 Å². The highest BCUT2D eigenvalue weighted by atomic mass is 16.5. The van der Waals surface area contributed by atoms with Crippen molar-refractivity contribution in [2.45, 2.75) is 111 Å². The van der Waals surface area contributed by atoms with Gasteiger partial charge in [0.2, 0.25) is 0 Å². The molecule has 0 amide bonds. The molecule has 0 aliphatic heterocycles. The van der Waals surface area contributed by atoms with E-state index in [0.717, 1.165) is 24.3 Å². The summed E-state index contributed by atoms with van der Waals surface area (Å²) in [6, 6.07) is 33.2. The van der Waals surface area contributed by atoms with E-state index in [1.54, 1.807) is 67.6 Å². The molecule has 0 heterocycles. The Kier molecular flexibility index (Phi) is 19.7. The molecule has 0 spiro atoms. The van der Waals surface area contributed by atoms with Crippen molar-refractivity contribution in [2.75, 3.05) is 13.2 Å². The first kappa shape index (κ1) is 45.9. The molecule has 320 valence electrons. The van der Waals surface area contributed by atoms with Crippen molar-refractivity contribution in [3.8, 4) is 23.0 Å². The highest BCUT2D eigenvalue weighted by molar-refractivity contribution is 5.92. The van der Waals surface area contributed by atoms with Crippen LogP contribution in [-0.2, 0) is 0 Å². The molecule has 5 aromatic rings. The fourth-order valence-corrected chi connectivity index (χ4v) is 6.35. The van der Waals surface area contributed by atoms with Crippen LogP contribution < -0.4 is 18.9 Å². The van der Waals surface area contributed by atoms with Gasteiger partial charge in [-0.2, -0.15) is 20.5 Å². The van der Waals surface area contributed by atoms with Crippen LogP contribution in [0.2, 0.25) is 0 Å². The van der Waals surface area contributed by atoms with E-state index in [1.165, 1.54) is 83.1 Å². The van der Waals surface area contributed by atoms with Crippen molar-refractivity contribution < 1.29 is 28.5 Å². The summed E-state index contributed by atoms with van der Waals surface area (Å²) in [4.78, 5) is 26.1. The fourth-order valence-electron chi connectivity index (χ4n) is 6.35. The van der Waals surface area contributed by atoms with Crippen LogP contribution in [-0.4, -0.2) is 25.2 Å². The van der Waals surface area contributed by atoms with Gasteiger partial charge in [0.15, 0.2) is 0 Å². The maximum atomic E-state index is 13.1. The first-order chi connectivity index (χ1) is 29.9. The lowest BCUT2D eigenvalue weighted by Gasteiger charge is -2.10. The summed E-state index contributed by atoms with van der Waals surface area (Å²) in [5.74, 6) is 1.02. The number of hydrogen-bond acceptors (Lipinski definition) is 10. The van der Waals surface area contributed by atoms with Crippen molar-refractivity contribution in [1.29, 1.82) is 0 Å². The molecular formula is C51H60N4O6. The third-order valence-electron chi connectivity index (χ3n) is 10.0. The zero-order chi connectivity index (χ0) is 42.9. The van der Waals surface area contributed by atoms with Gasteiger partial charge in [-0.25, -0.2) is 9.59 Å². The average Bonchev–Trinajstić information content (AvgIpc) is 3.29. The molecule has 5 aromatic carbocycles. The van der Waals surface area contributed by atoms with Gasteiger partial charge in [-0.3, -0.25) is 0 Å². The Hall–Kier alpha value is -6.16. The van der Waals surface area contributed by atoms with Crippen LogP contribution in [0.25, 0.3) is 0 Å². The van der Waals surface area contributed by atoms with Gasteiger partial charge in [-0.15, -0.1) is 0 Å². The van der Waals surface area contributed by atoms with E-state index in [4.69, 9.17) is 18.9 Å². The number of carbonyl (C=O) groups excluding carboxylic acids is 2. The first-order valence-corrected chi connectivity index (χ1v) is 21.9. The maximum absolute atomic E-state index is 13.1. The minimum absolute atomic E-state index is 0.237. The Bertz CT molecular complexity index is 2120. The predicted octanol–water partition coefficient (Wildman–Crippen LogP) is 15.5. The highest BCUT2D eigenvalue weighted by Crippen LogP contribution is 2.28. The number of azo groups is 2. The Morgan fingerprint density at radius 2 is 0.754 bits per heavy atom. The van der Waals surface area contributed by atoms with Gasteiger partial charge < -0.3 is 18.9 Å². The summed E-state index contributed by atoms with van der Waals surface area (Å²) in [6.45, 7) is 7.69. The number of nitrogens with zero attached hydrogens (tertiary/aromatic N) is 4. The Balaban J connectivity index is 1.04. The van der Waals surface area contributed by atoms with Crippen LogP contribution in [0.5, 0.6) is 23.0 Å².